The van der Waals surface area contributed by atoms with Crippen LogP contribution in [-0.4, -0.2) is 49.4 Å². The first-order valence-electron chi connectivity index (χ1n) is 11.7. The average Bonchev–Trinajstić information content (AvgIpc) is 3.43. The van der Waals surface area contributed by atoms with Gasteiger partial charge in [-0.1, -0.05) is 38.1 Å². The number of carbonyl (C=O) groups is 1. The quantitative estimate of drug-likeness (QED) is 0.488. The van der Waals surface area contributed by atoms with E-state index in [1.165, 1.54) is 5.56 Å². The van der Waals surface area contributed by atoms with Crippen LogP contribution in [0.3, 0.4) is 0 Å². The summed E-state index contributed by atoms with van der Waals surface area (Å²) < 4.78 is 2.02. The first-order valence-corrected chi connectivity index (χ1v) is 11.7. The molecule has 2 atom stereocenters. The highest BCUT2D eigenvalue weighted by molar-refractivity contribution is 5.86. The molecule has 0 aliphatic carbocycles. The molecule has 1 unspecified atom stereocenters. The van der Waals surface area contributed by atoms with E-state index in [-0.39, 0.29) is 23.8 Å². The maximum atomic E-state index is 12.2. The molecule has 2 N–H and O–H groups in total. The van der Waals surface area contributed by atoms with E-state index in [0.717, 1.165) is 47.3 Å². The molecule has 1 aromatic carbocycles. The minimum absolute atomic E-state index is 0.0234. The molecule has 3 aromatic heterocycles. The van der Waals surface area contributed by atoms with E-state index in [1.54, 1.807) is 0 Å². The largest absolute Gasteiger partial charge is 0.326 e. The molecule has 0 saturated carbocycles. The molecule has 7 heteroatoms. The van der Waals surface area contributed by atoms with Crippen molar-refractivity contribution in [2.45, 2.75) is 45.7 Å². The Morgan fingerprint density at radius 1 is 1.12 bits per heavy atom. The predicted octanol–water partition coefficient (Wildman–Crippen LogP) is 3.81. The van der Waals surface area contributed by atoms with E-state index >= 15 is 0 Å². The summed E-state index contributed by atoms with van der Waals surface area (Å²) in [4.78, 5) is 19.5. The molecule has 0 amide bonds. The van der Waals surface area contributed by atoms with E-state index in [2.05, 4.69) is 34.3 Å². The lowest BCUT2D eigenvalue weighted by molar-refractivity contribution is -0.121. The van der Waals surface area contributed by atoms with Crippen molar-refractivity contribution < 1.29 is 4.79 Å². The summed E-state index contributed by atoms with van der Waals surface area (Å²) in [7, 11) is 0. The average molecular weight is 443 g/mol. The van der Waals surface area contributed by atoms with E-state index in [1.807, 2.05) is 54.6 Å². The van der Waals surface area contributed by atoms with Crippen molar-refractivity contribution >= 4 is 22.3 Å². The zero-order valence-corrected chi connectivity index (χ0v) is 19.4. The molecule has 5 rings (SSSR count). The van der Waals surface area contributed by atoms with Crippen molar-refractivity contribution in [1.82, 2.24) is 24.5 Å². The Bertz CT molecular complexity index is 1330. The Morgan fingerprint density at radius 2 is 1.94 bits per heavy atom. The van der Waals surface area contributed by atoms with Gasteiger partial charge >= 0.3 is 0 Å². The minimum atomic E-state index is 0.0234. The second-order valence-corrected chi connectivity index (χ2v) is 9.46. The van der Waals surface area contributed by atoms with Crippen LogP contribution in [0.4, 0.5) is 0 Å². The zero-order chi connectivity index (χ0) is 23.1. The van der Waals surface area contributed by atoms with Crippen LogP contribution < -0.4 is 5.73 Å². The SMILES string of the molecule is CC(C)C(=O)Cc1ccc2ccc(-c3nnc4ccc(C(C)N5CC[C@H](N)C5)cn34)nc2c1. The molecule has 33 heavy (non-hydrogen) atoms. The van der Waals surface area contributed by atoms with Gasteiger partial charge in [0.1, 0.15) is 11.5 Å². The van der Waals surface area contributed by atoms with E-state index in [4.69, 9.17) is 10.7 Å². The number of hydrogen-bond acceptors (Lipinski definition) is 6. The molecule has 4 heterocycles. The van der Waals surface area contributed by atoms with Crippen molar-refractivity contribution in [3.8, 4) is 11.5 Å². The lowest BCUT2D eigenvalue weighted by Crippen LogP contribution is -2.28. The topological polar surface area (TPSA) is 89.4 Å². The van der Waals surface area contributed by atoms with Crippen LogP contribution in [0, 0.1) is 5.92 Å². The standard InChI is InChI=1S/C26H30N6O/c1-16(2)24(33)13-18-4-5-19-6-8-22(28-23(19)12-18)26-30-29-25-9-7-20(14-32(25)26)17(3)31-11-10-21(27)15-31/h4-9,12,14,16-17,21H,10-11,13,15,27H2,1-3H3/t17?,21-/m0/s1. The van der Waals surface area contributed by atoms with Crippen LogP contribution in [0.1, 0.15) is 44.4 Å². The number of benzene rings is 1. The molecule has 0 spiro atoms. The highest BCUT2D eigenvalue weighted by atomic mass is 16.1. The smallest absolute Gasteiger partial charge is 0.187 e. The van der Waals surface area contributed by atoms with Crippen LogP contribution in [-0.2, 0) is 11.2 Å². The molecule has 1 aliphatic heterocycles. The van der Waals surface area contributed by atoms with Crippen LogP contribution in [0.15, 0.2) is 48.7 Å². The Balaban J connectivity index is 1.50. The number of nitrogens with two attached hydrogens (primary N) is 1. The van der Waals surface area contributed by atoms with Gasteiger partial charge in [0.15, 0.2) is 11.5 Å². The summed E-state index contributed by atoms with van der Waals surface area (Å²) in [5.74, 6) is 0.965. The number of likely N-dealkylation sites (tertiary alicyclic amines) is 1. The predicted molar refractivity (Wildman–Crippen MR) is 130 cm³/mol. The number of fused-ring (bicyclic) bond motifs is 2. The second kappa shape index (κ2) is 8.65. The monoisotopic (exact) mass is 442 g/mol. The highest BCUT2D eigenvalue weighted by Gasteiger charge is 2.25. The van der Waals surface area contributed by atoms with E-state index in [0.29, 0.717) is 12.2 Å². The molecular formula is C26H30N6O. The number of aromatic nitrogens is 4. The molecule has 7 nitrogen and oxygen atoms in total. The van der Waals surface area contributed by atoms with E-state index < -0.39 is 0 Å². The third-order valence-corrected chi connectivity index (χ3v) is 6.72. The first-order chi connectivity index (χ1) is 15.9. The Kier molecular flexibility index (Phi) is 5.68. The van der Waals surface area contributed by atoms with Gasteiger partial charge in [-0.3, -0.25) is 14.1 Å². The number of hydrogen-bond donors (Lipinski definition) is 1. The van der Waals surface area contributed by atoms with Gasteiger partial charge in [-0.25, -0.2) is 4.98 Å². The summed E-state index contributed by atoms with van der Waals surface area (Å²) in [5, 5.41) is 9.83. The van der Waals surface area contributed by atoms with Crippen LogP contribution >= 0.6 is 0 Å². The molecule has 170 valence electrons. The van der Waals surface area contributed by atoms with Crippen molar-refractivity contribution in [2.24, 2.45) is 11.7 Å². The van der Waals surface area contributed by atoms with Crippen LogP contribution in [0.5, 0.6) is 0 Å². The number of rotatable bonds is 6. The fraction of sp³-hybridized carbons (Fsp3) is 0.385. The van der Waals surface area contributed by atoms with Gasteiger partial charge in [0, 0.05) is 49.1 Å². The number of ketones is 1. The summed E-state index contributed by atoms with van der Waals surface area (Å²) >= 11 is 0. The third-order valence-electron chi connectivity index (χ3n) is 6.72. The van der Waals surface area contributed by atoms with Gasteiger partial charge in [-0.2, -0.15) is 0 Å². The van der Waals surface area contributed by atoms with E-state index in [9.17, 15) is 4.79 Å². The fourth-order valence-corrected chi connectivity index (χ4v) is 4.51. The summed E-state index contributed by atoms with van der Waals surface area (Å²) in [6.07, 6.45) is 3.58. The lowest BCUT2D eigenvalue weighted by Gasteiger charge is -2.24. The number of nitrogens with zero attached hydrogens (tertiary/aromatic N) is 5. The minimum Gasteiger partial charge on any atom is -0.326 e. The molecule has 0 radical (unpaired) electrons. The van der Waals surface area contributed by atoms with Gasteiger partial charge in [0.2, 0.25) is 0 Å². The Morgan fingerprint density at radius 3 is 2.70 bits per heavy atom. The zero-order valence-electron chi connectivity index (χ0n) is 19.4. The Hall–Kier alpha value is -3.16. The highest BCUT2D eigenvalue weighted by Crippen LogP contribution is 2.27. The second-order valence-electron chi connectivity index (χ2n) is 9.46. The van der Waals surface area contributed by atoms with Crippen LogP contribution in [0.2, 0.25) is 0 Å². The van der Waals surface area contributed by atoms with Gasteiger partial charge in [0.05, 0.1) is 5.52 Å². The Labute approximate surface area is 193 Å². The summed E-state index contributed by atoms with van der Waals surface area (Å²) in [6, 6.07) is 14.7. The maximum absolute atomic E-state index is 12.2. The first kappa shape index (κ1) is 21.7. The molecule has 1 saturated heterocycles. The lowest BCUT2D eigenvalue weighted by atomic mass is 10.00. The van der Waals surface area contributed by atoms with Crippen molar-refractivity contribution in [1.29, 1.82) is 0 Å². The molecule has 4 aromatic rings. The number of carbonyl (C=O) groups excluding carboxylic acids is 1. The maximum Gasteiger partial charge on any atom is 0.187 e. The summed E-state index contributed by atoms with van der Waals surface area (Å²) in [6.45, 7) is 8.02. The van der Waals surface area contributed by atoms with Gasteiger partial charge in [0.25, 0.3) is 0 Å². The fourth-order valence-electron chi connectivity index (χ4n) is 4.51. The number of pyridine rings is 2. The van der Waals surface area contributed by atoms with Gasteiger partial charge < -0.3 is 5.73 Å². The number of Topliss-reactive ketones (excluding diaryl/α,β-unsaturated/α-hetero) is 1. The van der Waals surface area contributed by atoms with Crippen LogP contribution in [0.25, 0.3) is 28.1 Å². The van der Waals surface area contributed by atoms with Crippen molar-refractivity contribution in [3.63, 3.8) is 0 Å². The summed E-state index contributed by atoms with van der Waals surface area (Å²) in [5.41, 5.74) is 10.7. The molecule has 1 aliphatic rings. The molecular weight excluding hydrogens is 412 g/mol. The van der Waals surface area contributed by atoms with Crippen molar-refractivity contribution in [3.05, 3.63) is 59.8 Å². The normalized spacial score (nSPS) is 17.9. The van der Waals surface area contributed by atoms with Gasteiger partial charge in [-0.05, 0) is 42.7 Å². The third kappa shape index (κ3) is 4.26. The van der Waals surface area contributed by atoms with Gasteiger partial charge in [-0.15, -0.1) is 10.2 Å². The molecule has 0 bridgehead atoms. The molecule has 1 fully saturated rings. The van der Waals surface area contributed by atoms with Crippen molar-refractivity contribution in [2.75, 3.05) is 13.1 Å².